The summed E-state index contributed by atoms with van der Waals surface area (Å²) in [6.07, 6.45) is 3.80. The van der Waals surface area contributed by atoms with Gasteiger partial charge >= 0.3 is 0 Å². The lowest BCUT2D eigenvalue weighted by atomic mass is 10.0. The van der Waals surface area contributed by atoms with E-state index in [2.05, 4.69) is 9.88 Å². The molecule has 0 aromatic carbocycles. The molecule has 5 heteroatoms. The standard InChI is InChI=1S/C12H16N4O/c13-11-2-1-10(7-14-11)16-9-3-5-15(6-4-9)8-12(16)17/h1-2,7,9H,3-6,8H2,(H2,13,14). The topological polar surface area (TPSA) is 62.5 Å². The van der Waals surface area contributed by atoms with E-state index >= 15 is 0 Å². The van der Waals surface area contributed by atoms with E-state index < -0.39 is 0 Å². The minimum absolute atomic E-state index is 0.177. The van der Waals surface area contributed by atoms with Gasteiger partial charge < -0.3 is 10.6 Å². The van der Waals surface area contributed by atoms with Crippen molar-refractivity contribution in [2.45, 2.75) is 18.9 Å². The summed E-state index contributed by atoms with van der Waals surface area (Å²) in [6, 6.07) is 3.96. The first-order valence-electron chi connectivity index (χ1n) is 6.00. The second kappa shape index (κ2) is 4.00. The fourth-order valence-corrected chi connectivity index (χ4v) is 2.70. The summed E-state index contributed by atoms with van der Waals surface area (Å²) < 4.78 is 0. The number of nitrogens with two attached hydrogens (primary N) is 1. The summed E-state index contributed by atoms with van der Waals surface area (Å²) in [5, 5.41) is 0. The molecule has 0 spiro atoms. The molecule has 1 amide bonds. The number of nitrogens with zero attached hydrogens (tertiary/aromatic N) is 3. The summed E-state index contributed by atoms with van der Waals surface area (Å²) in [5.41, 5.74) is 6.45. The molecule has 5 nitrogen and oxygen atoms in total. The molecule has 4 rings (SSSR count). The van der Waals surface area contributed by atoms with Gasteiger partial charge in [-0.25, -0.2) is 4.98 Å². The number of hydrogen-bond acceptors (Lipinski definition) is 4. The van der Waals surface area contributed by atoms with Crippen LogP contribution in [0.2, 0.25) is 0 Å². The lowest BCUT2D eigenvalue weighted by molar-refractivity contribution is -0.118. The van der Waals surface area contributed by atoms with Crippen molar-refractivity contribution in [1.82, 2.24) is 9.88 Å². The van der Waals surface area contributed by atoms with Crippen LogP contribution in [0, 0.1) is 0 Å². The first-order chi connectivity index (χ1) is 8.24. The van der Waals surface area contributed by atoms with Gasteiger partial charge in [0, 0.05) is 19.1 Å². The highest BCUT2D eigenvalue weighted by atomic mass is 16.2. The Morgan fingerprint density at radius 1 is 1.29 bits per heavy atom. The van der Waals surface area contributed by atoms with Gasteiger partial charge in [-0.1, -0.05) is 0 Å². The van der Waals surface area contributed by atoms with Crippen LogP contribution in [0.1, 0.15) is 12.8 Å². The molecule has 4 heterocycles. The van der Waals surface area contributed by atoms with Gasteiger partial charge in [-0.05, 0) is 25.0 Å². The monoisotopic (exact) mass is 232 g/mol. The largest absolute Gasteiger partial charge is 0.384 e. The maximum atomic E-state index is 12.2. The van der Waals surface area contributed by atoms with Crippen LogP contribution >= 0.6 is 0 Å². The van der Waals surface area contributed by atoms with Crippen molar-refractivity contribution in [3.8, 4) is 0 Å². The zero-order valence-electron chi connectivity index (χ0n) is 9.67. The van der Waals surface area contributed by atoms with Crippen LogP contribution in [0.3, 0.4) is 0 Å². The van der Waals surface area contributed by atoms with Gasteiger partial charge in [-0.3, -0.25) is 9.69 Å². The normalized spacial score (nSPS) is 28.2. The Morgan fingerprint density at radius 3 is 2.71 bits per heavy atom. The zero-order chi connectivity index (χ0) is 11.8. The molecule has 2 bridgehead atoms. The fourth-order valence-electron chi connectivity index (χ4n) is 2.70. The molecule has 3 fully saturated rings. The minimum Gasteiger partial charge on any atom is -0.384 e. The molecular formula is C12H16N4O. The highest BCUT2D eigenvalue weighted by Gasteiger charge is 2.34. The quantitative estimate of drug-likeness (QED) is 0.764. The Bertz CT molecular complexity index is 423. The molecule has 1 aromatic rings. The maximum absolute atomic E-state index is 12.2. The fraction of sp³-hybridized carbons (Fsp3) is 0.500. The van der Waals surface area contributed by atoms with Crippen molar-refractivity contribution in [2.75, 3.05) is 30.3 Å². The molecule has 0 radical (unpaired) electrons. The Morgan fingerprint density at radius 2 is 2.06 bits per heavy atom. The van der Waals surface area contributed by atoms with E-state index in [-0.39, 0.29) is 5.91 Å². The molecule has 0 aliphatic carbocycles. The second-order valence-electron chi connectivity index (χ2n) is 4.71. The number of nitrogen functional groups attached to an aromatic ring is 1. The van der Waals surface area contributed by atoms with Gasteiger partial charge in [-0.2, -0.15) is 0 Å². The van der Waals surface area contributed by atoms with Crippen molar-refractivity contribution in [3.05, 3.63) is 18.3 Å². The van der Waals surface area contributed by atoms with E-state index in [1.54, 1.807) is 12.3 Å². The van der Waals surface area contributed by atoms with Gasteiger partial charge in [0.25, 0.3) is 0 Å². The van der Waals surface area contributed by atoms with Gasteiger partial charge in [0.1, 0.15) is 5.82 Å². The molecule has 1 aromatic heterocycles. The average Bonchev–Trinajstić information content (AvgIpc) is 2.58. The van der Waals surface area contributed by atoms with Crippen LogP contribution in [0.4, 0.5) is 11.5 Å². The first-order valence-corrected chi connectivity index (χ1v) is 6.00. The summed E-state index contributed by atoms with van der Waals surface area (Å²) in [6.45, 7) is 2.57. The number of amides is 1. The maximum Gasteiger partial charge on any atom is 0.241 e. The SMILES string of the molecule is Nc1ccc(N2C(=O)CN3CCC2CC3)cn1. The summed E-state index contributed by atoms with van der Waals surface area (Å²) in [7, 11) is 0. The van der Waals surface area contributed by atoms with Gasteiger partial charge in [0.2, 0.25) is 5.91 Å². The van der Waals surface area contributed by atoms with E-state index in [4.69, 9.17) is 5.73 Å². The van der Waals surface area contributed by atoms with Crippen molar-refractivity contribution >= 4 is 17.4 Å². The number of fused-ring (bicyclic) bond motifs is 4. The number of hydrogen-bond donors (Lipinski definition) is 1. The highest BCUT2D eigenvalue weighted by Crippen LogP contribution is 2.27. The number of carbonyl (C=O) groups excluding carboxylic acids is 1. The Kier molecular flexibility index (Phi) is 2.48. The molecule has 3 aliphatic heterocycles. The third-order valence-electron chi connectivity index (χ3n) is 3.60. The number of anilines is 2. The number of piperidine rings is 1. The third-order valence-corrected chi connectivity index (χ3v) is 3.60. The van der Waals surface area contributed by atoms with Crippen LogP contribution in [-0.2, 0) is 4.79 Å². The van der Waals surface area contributed by atoms with Crippen LogP contribution in [0.25, 0.3) is 0 Å². The lowest BCUT2D eigenvalue weighted by Crippen LogP contribution is -2.40. The summed E-state index contributed by atoms with van der Waals surface area (Å²) in [4.78, 5) is 20.4. The molecule has 0 unspecified atom stereocenters. The lowest BCUT2D eigenvalue weighted by Gasteiger charge is -2.31. The molecule has 0 saturated carbocycles. The highest BCUT2D eigenvalue weighted by molar-refractivity contribution is 5.95. The third kappa shape index (κ3) is 1.86. The van der Waals surface area contributed by atoms with Gasteiger partial charge in [0.15, 0.2) is 0 Å². The minimum atomic E-state index is 0.177. The predicted octanol–water partition coefficient (Wildman–Crippen LogP) is 0.475. The smallest absolute Gasteiger partial charge is 0.241 e. The van der Waals surface area contributed by atoms with Crippen molar-refractivity contribution in [1.29, 1.82) is 0 Å². The zero-order valence-corrected chi connectivity index (χ0v) is 9.67. The average molecular weight is 232 g/mol. The van der Waals surface area contributed by atoms with E-state index in [0.717, 1.165) is 31.6 Å². The summed E-state index contributed by atoms with van der Waals surface area (Å²) in [5.74, 6) is 0.667. The molecule has 3 aliphatic rings. The van der Waals surface area contributed by atoms with Crippen molar-refractivity contribution in [2.24, 2.45) is 0 Å². The Balaban J connectivity index is 1.94. The molecule has 90 valence electrons. The summed E-state index contributed by atoms with van der Waals surface area (Å²) >= 11 is 0. The molecule has 17 heavy (non-hydrogen) atoms. The van der Waals surface area contributed by atoms with Crippen molar-refractivity contribution in [3.63, 3.8) is 0 Å². The van der Waals surface area contributed by atoms with Crippen molar-refractivity contribution < 1.29 is 4.79 Å². The molecule has 3 saturated heterocycles. The van der Waals surface area contributed by atoms with Gasteiger partial charge in [0.05, 0.1) is 18.4 Å². The van der Waals surface area contributed by atoms with Crippen LogP contribution < -0.4 is 10.6 Å². The number of pyridine rings is 1. The van der Waals surface area contributed by atoms with E-state index in [0.29, 0.717) is 18.4 Å². The first kappa shape index (κ1) is 10.5. The number of carbonyl (C=O) groups is 1. The van der Waals surface area contributed by atoms with Crippen LogP contribution in [0.5, 0.6) is 0 Å². The molecule has 2 N–H and O–H groups in total. The van der Waals surface area contributed by atoms with Crippen LogP contribution in [-0.4, -0.2) is 41.5 Å². The Labute approximate surface area is 100 Å². The second-order valence-corrected chi connectivity index (χ2v) is 4.71. The number of aromatic nitrogens is 1. The number of rotatable bonds is 1. The van der Waals surface area contributed by atoms with E-state index in [1.807, 2.05) is 11.0 Å². The molecule has 0 atom stereocenters. The molecular weight excluding hydrogens is 216 g/mol. The predicted molar refractivity (Wildman–Crippen MR) is 65.6 cm³/mol. The Hall–Kier alpha value is -1.62. The van der Waals surface area contributed by atoms with Crippen LogP contribution in [0.15, 0.2) is 18.3 Å². The van der Waals surface area contributed by atoms with E-state index in [9.17, 15) is 4.79 Å². The van der Waals surface area contributed by atoms with E-state index in [1.165, 1.54) is 0 Å². The van der Waals surface area contributed by atoms with Gasteiger partial charge in [-0.15, -0.1) is 0 Å².